The molecule has 0 bridgehead atoms. The van der Waals surface area contributed by atoms with E-state index in [4.69, 9.17) is 16.7 Å². The minimum atomic E-state index is -4.66. The second-order valence-electron chi connectivity index (χ2n) is 4.93. The summed E-state index contributed by atoms with van der Waals surface area (Å²) in [4.78, 5) is 10.9. The number of alkyl halides is 3. The maximum Gasteiger partial charge on any atom is 0.416 e. The molecule has 1 aliphatic rings. The second-order valence-corrected chi connectivity index (χ2v) is 5.34. The van der Waals surface area contributed by atoms with E-state index in [-0.39, 0.29) is 22.9 Å². The molecule has 0 aliphatic heterocycles. The van der Waals surface area contributed by atoms with Gasteiger partial charge in [-0.3, -0.25) is 4.79 Å². The van der Waals surface area contributed by atoms with Gasteiger partial charge in [-0.2, -0.15) is 13.2 Å². The lowest BCUT2D eigenvalue weighted by Crippen LogP contribution is -2.16. The van der Waals surface area contributed by atoms with Crippen LogP contribution in [0.1, 0.15) is 36.3 Å². The Labute approximate surface area is 118 Å². The van der Waals surface area contributed by atoms with Gasteiger partial charge in [-0.25, -0.2) is 0 Å². The molecule has 0 radical (unpaired) electrons. The van der Waals surface area contributed by atoms with E-state index in [9.17, 15) is 23.1 Å². The maximum absolute atomic E-state index is 13.0. The van der Waals surface area contributed by atoms with Crippen molar-refractivity contribution in [2.45, 2.75) is 31.4 Å². The predicted molar refractivity (Wildman–Crippen MR) is 65.8 cm³/mol. The SMILES string of the molecule is O=C(O)CC(c1cc(Cl)c(O)cc1C(F)(F)F)C1CC1. The number of phenolic OH excluding ortho intramolecular Hbond substituents is 1. The average molecular weight is 309 g/mol. The monoisotopic (exact) mass is 308 g/mol. The number of aromatic hydroxyl groups is 1. The summed E-state index contributed by atoms with van der Waals surface area (Å²) in [6.07, 6.45) is -3.64. The first-order chi connectivity index (χ1) is 9.20. The Morgan fingerprint density at radius 3 is 2.45 bits per heavy atom. The second kappa shape index (κ2) is 5.16. The van der Waals surface area contributed by atoms with Gasteiger partial charge < -0.3 is 10.2 Å². The lowest BCUT2D eigenvalue weighted by atomic mass is 9.87. The largest absolute Gasteiger partial charge is 0.506 e. The summed E-state index contributed by atoms with van der Waals surface area (Å²) in [7, 11) is 0. The maximum atomic E-state index is 13.0. The fourth-order valence-corrected chi connectivity index (χ4v) is 2.52. The van der Waals surface area contributed by atoms with Crippen molar-refractivity contribution in [3.63, 3.8) is 0 Å². The molecule has 1 aromatic carbocycles. The van der Waals surface area contributed by atoms with E-state index in [0.29, 0.717) is 18.9 Å². The number of aliphatic carboxylic acids is 1. The molecule has 7 heteroatoms. The van der Waals surface area contributed by atoms with Gasteiger partial charge in [0.25, 0.3) is 0 Å². The summed E-state index contributed by atoms with van der Waals surface area (Å²) in [5.41, 5.74) is -1.16. The quantitative estimate of drug-likeness (QED) is 0.883. The molecule has 20 heavy (non-hydrogen) atoms. The van der Waals surface area contributed by atoms with Crippen LogP contribution in [0, 0.1) is 5.92 Å². The average Bonchev–Trinajstić information content (AvgIpc) is 3.11. The first-order valence-electron chi connectivity index (χ1n) is 6.01. The summed E-state index contributed by atoms with van der Waals surface area (Å²) in [6, 6.07) is 1.60. The Bertz CT molecular complexity index is 538. The molecule has 1 aliphatic carbocycles. The molecular weight excluding hydrogens is 297 g/mol. The number of halogens is 4. The van der Waals surface area contributed by atoms with Gasteiger partial charge in [-0.15, -0.1) is 0 Å². The normalized spacial score (nSPS) is 17.0. The third-order valence-electron chi connectivity index (χ3n) is 3.41. The zero-order valence-corrected chi connectivity index (χ0v) is 11.0. The number of carbonyl (C=O) groups is 1. The van der Waals surface area contributed by atoms with Crippen molar-refractivity contribution < 1.29 is 28.2 Å². The number of carboxylic acids is 1. The molecule has 2 rings (SSSR count). The molecule has 0 heterocycles. The number of phenols is 1. The summed E-state index contributed by atoms with van der Waals surface area (Å²) < 4.78 is 39.1. The van der Waals surface area contributed by atoms with Gasteiger partial charge >= 0.3 is 12.1 Å². The molecular formula is C13H12ClF3O3. The van der Waals surface area contributed by atoms with Crippen LogP contribution in [0.5, 0.6) is 5.75 Å². The molecule has 0 aromatic heterocycles. The fraction of sp³-hybridized carbons (Fsp3) is 0.462. The van der Waals surface area contributed by atoms with Crippen molar-refractivity contribution in [2.75, 3.05) is 0 Å². The van der Waals surface area contributed by atoms with E-state index >= 15 is 0 Å². The van der Waals surface area contributed by atoms with E-state index in [1.54, 1.807) is 0 Å². The predicted octanol–water partition coefficient (Wildman–Crippen LogP) is 4.03. The van der Waals surface area contributed by atoms with E-state index in [0.717, 1.165) is 6.07 Å². The van der Waals surface area contributed by atoms with Gasteiger partial charge in [0.05, 0.1) is 17.0 Å². The van der Waals surface area contributed by atoms with Crippen molar-refractivity contribution in [2.24, 2.45) is 5.92 Å². The highest BCUT2D eigenvalue weighted by Crippen LogP contribution is 2.49. The van der Waals surface area contributed by atoms with Gasteiger partial charge in [0.1, 0.15) is 5.75 Å². The van der Waals surface area contributed by atoms with Crippen LogP contribution in [-0.4, -0.2) is 16.2 Å². The molecule has 0 spiro atoms. The molecule has 3 nitrogen and oxygen atoms in total. The first kappa shape index (κ1) is 15.0. The van der Waals surface area contributed by atoms with E-state index in [2.05, 4.69) is 0 Å². The summed E-state index contributed by atoms with van der Waals surface area (Å²) >= 11 is 5.68. The number of hydrogen-bond acceptors (Lipinski definition) is 2. The van der Waals surface area contributed by atoms with Gasteiger partial charge in [0, 0.05) is 0 Å². The zero-order valence-electron chi connectivity index (χ0n) is 10.2. The minimum absolute atomic E-state index is 0.0761. The molecule has 110 valence electrons. The van der Waals surface area contributed by atoms with Crippen molar-refractivity contribution in [3.05, 3.63) is 28.3 Å². The molecule has 2 N–H and O–H groups in total. The Kier molecular flexibility index (Phi) is 3.86. The van der Waals surface area contributed by atoms with E-state index in [1.165, 1.54) is 0 Å². The molecule has 1 unspecified atom stereocenters. The van der Waals surface area contributed by atoms with Crippen LogP contribution in [-0.2, 0) is 11.0 Å². The Hall–Kier alpha value is -1.43. The minimum Gasteiger partial charge on any atom is -0.506 e. The highest BCUT2D eigenvalue weighted by Gasteiger charge is 2.41. The van der Waals surface area contributed by atoms with E-state index < -0.39 is 29.4 Å². The summed E-state index contributed by atoms with van der Waals surface area (Å²) in [5.74, 6) is -2.62. The third-order valence-corrected chi connectivity index (χ3v) is 3.71. The lowest BCUT2D eigenvalue weighted by Gasteiger charge is -2.21. The van der Waals surface area contributed by atoms with Crippen LogP contribution < -0.4 is 0 Å². The molecule has 1 saturated carbocycles. The smallest absolute Gasteiger partial charge is 0.416 e. The third kappa shape index (κ3) is 3.17. The van der Waals surface area contributed by atoms with Crippen molar-refractivity contribution in [1.82, 2.24) is 0 Å². The molecule has 1 aromatic rings. The van der Waals surface area contributed by atoms with Gasteiger partial charge in [0.2, 0.25) is 0 Å². The van der Waals surface area contributed by atoms with Gasteiger partial charge in [-0.05, 0) is 42.4 Å². The molecule has 0 saturated heterocycles. The van der Waals surface area contributed by atoms with Gasteiger partial charge in [0.15, 0.2) is 0 Å². The lowest BCUT2D eigenvalue weighted by molar-refractivity contribution is -0.140. The highest BCUT2D eigenvalue weighted by atomic mass is 35.5. The van der Waals surface area contributed by atoms with Crippen molar-refractivity contribution >= 4 is 17.6 Å². The van der Waals surface area contributed by atoms with Crippen LogP contribution in [0.25, 0.3) is 0 Å². The van der Waals surface area contributed by atoms with Crippen molar-refractivity contribution in [1.29, 1.82) is 0 Å². The first-order valence-corrected chi connectivity index (χ1v) is 6.39. The van der Waals surface area contributed by atoms with Gasteiger partial charge in [-0.1, -0.05) is 11.6 Å². The highest BCUT2D eigenvalue weighted by molar-refractivity contribution is 6.32. The Morgan fingerprint density at radius 1 is 1.40 bits per heavy atom. The molecule has 1 fully saturated rings. The molecule has 1 atom stereocenters. The van der Waals surface area contributed by atoms with Crippen LogP contribution in [0.3, 0.4) is 0 Å². The van der Waals surface area contributed by atoms with Crippen LogP contribution >= 0.6 is 11.6 Å². The summed E-state index contributed by atoms with van der Waals surface area (Å²) in [5, 5.41) is 18.0. The fourth-order valence-electron chi connectivity index (χ4n) is 2.35. The van der Waals surface area contributed by atoms with Crippen LogP contribution in [0.15, 0.2) is 12.1 Å². The van der Waals surface area contributed by atoms with Crippen molar-refractivity contribution in [3.8, 4) is 5.75 Å². The Morgan fingerprint density at radius 2 is 2.00 bits per heavy atom. The summed E-state index contributed by atoms with van der Waals surface area (Å²) in [6.45, 7) is 0. The Balaban J connectivity index is 2.52. The topological polar surface area (TPSA) is 57.5 Å². The number of rotatable bonds is 4. The molecule has 0 amide bonds. The number of hydrogen-bond donors (Lipinski definition) is 2. The standard InChI is InChI=1S/C13H12ClF3O3/c14-10-3-8(7(4-12(19)20)6-1-2-6)9(5-11(10)18)13(15,16)17/h3,5-7,18H,1-2,4H2,(H,19,20). The number of benzene rings is 1. The zero-order chi connectivity index (χ0) is 15.1. The number of carboxylic acid groups (broad SMARTS) is 1. The van der Waals surface area contributed by atoms with Crippen LogP contribution in [0.4, 0.5) is 13.2 Å². The van der Waals surface area contributed by atoms with E-state index in [1.807, 2.05) is 0 Å². The van der Waals surface area contributed by atoms with Crippen LogP contribution in [0.2, 0.25) is 5.02 Å².